The van der Waals surface area contributed by atoms with Crippen LogP contribution in [0.15, 0.2) is 91.0 Å². The third-order valence-electron chi connectivity index (χ3n) is 5.32. The molecule has 3 N–H and O–H groups in total. The molecule has 0 unspecified atom stereocenters. The number of fused-ring (bicyclic) bond motifs is 1. The molecule has 0 aliphatic heterocycles. The molecule has 0 fully saturated rings. The molecule has 0 saturated heterocycles. The maximum absolute atomic E-state index is 12.9. The van der Waals surface area contributed by atoms with Crippen molar-refractivity contribution in [3.05, 3.63) is 102 Å². The van der Waals surface area contributed by atoms with E-state index in [1.54, 1.807) is 12.1 Å². The maximum Gasteiger partial charge on any atom is 0.411 e. The maximum atomic E-state index is 12.9. The van der Waals surface area contributed by atoms with Crippen LogP contribution < -0.4 is 10.6 Å². The fourth-order valence-corrected chi connectivity index (χ4v) is 4.63. The molecule has 35 heavy (non-hydrogen) atoms. The van der Waals surface area contributed by atoms with Crippen molar-refractivity contribution >= 4 is 45.1 Å². The highest BCUT2D eigenvalue weighted by Crippen LogP contribution is 2.32. The summed E-state index contributed by atoms with van der Waals surface area (Å²) in [6, 6.07) is 28.4. The first-order chi connectivity index (χ1) is 17.2. The topological polar surface area (TPSA) is 96.1 Å². The van der Waals surface area contributed by atoms with E-state index in [-0.39, 0.29) is 12.5 Å². The molecule has 2 amide bonds. The van der Waals surface area contributed by atoms with Crippen LogP contribution in [0.25, 0.3) is 22.2 Å². The van der Waals surface area contributed by atoms with Gasteiger partial charge in [0.15, 0.2) is 5.13 Å². The van der Waals surface area contributed by atoms with Crippen molar-refractivity contribution in [1.29, 1.82) is 0 Å². The van der Waals surface area contributed by atoms with E-state index in [0.717, 1.165) is 27.0 Å². The number of nitrogens with zero attached hydrogens (tertiary/aromatic N) is 1. The number of hydrogen-bond acceptors (Lipinski definition) is 5. The van der Waals surface area contributed by atoms with Gasteiger partial charge in [0.05, 0.1) is 12.3 Å². The molecule has 174 valence electrons. The SMILES string of the molecule is O=C(Nc1ccccc1)OCCc1sc(NC(=O)c2cc3ccccc3[nH]2)nc1-c1ccccc1. The lowest BCUT2D eigenvalue weighted by atomic mass is 10.1. The molecule has 0 spiro atoms. The third kappa shape index (κ3) is 5.39. The summed E-state index contributed by atoms with van der Waals surface area (Å²) in [7, 11) is 0. The molecule has 7 nitrogen and oxygen atoms in total. The molecule has 0 aliphatic carbocycles. The zero-order chi connectivity index (χ0) is 24.0. The summed E-state index contributed by atoms with van der Waals surface area (Å²) in [6.07, 6.45) is -0.0545. The number of ether oxygens (including phenoxy) is 1. The Labute approximate surface area is 205 Å². The van der Waals surface area contributed by atoms with Crippen LogP contribution in [0, 0.1) is 0 Å². The summed E-state index contributed by atoms with van der Waals surface area (Å²) in [4.78, 5) is 33.7. The van der Waals surface area contributed by atoms with E-state index in [1.807, 2.05) is 78.9 Å². The number of hydrogen-bond donors (Lipinski definition) is 3. The summed E-state index contributed by atoms with van der Waals surface area (Å²) >= 11 is 1.37. The lowest BCUT2D eigenvalue weighted by Gasteiger charge is -2.07. The second-order valence-corrected chi connectivity index (χ2v) is 8.84. The number of carbonyl (C=O) groups is 2. The van der Waals surface area contributed by atoms with Crippen molar-refractivity contribution in [3.8, 4) is 11.3 Å². The lowest BCUT2D eigenvalue weighted by molar-refractivity contribution is 0.102. The number of rotatable bonds is 7. The predicted molar refractivity (Wildman–Crippen MR) is 139 cm³/mol. The van der Waals surface area contributed by atoms with Gasteiger partial charge in [-0.3, -0.25) is 15.4 Å². The van der Waals surface area contributed by atoms with Crippen molar-refractivity contribution in [2.45, 2.75) is 6.42 Å². The Balaban J connectivity index is 1.29. The van der Waals surface area contributed by atoms with Crippen LogP contribution in [-0.4, -0.2) is 28.6 Å². The molecule has 5 aromatic rings. The van der Waals surface area contributed by atoms with Gasteiger partial charge in [0.2, 0.25) is 0 Å². The first-order valence-corrected chi connectivity index (χ1v) is 11.9. The van der Waals surface area contributed by atoms with Gasteiger partial charge in [-0.25, -0.2) is 9.78 Å². The van der Waals surface area contributed by atoms with E-state index < -0.39 is 6.09 Å². The Morgan fingerprint density at radius 2 is 1.60 bits per heavy atom. The molecule has 2 heterocycles. The van der Waals surface area contributed by atoms with Crippen LogP contribution >= 0.6 is 11.3 Å². The van der Waals surface area contributed by atoms with Crippen LogP contribution in [0.2, 0.25) is 0 Å². The Bertz CT molecular complexity index is 1430. The molecule has 0 bridgehead atoms. The number of para-hydroxylation sites is 2. The highest BCUT2D eigenvalue weighted by molar-refractivity contribution is 7.16. The summed E-state index contributed by atoms with van der Waals surface area (Å²) in [5.74, 6) is -0.264. The molecule has 0 aliphatic rings. The lowest BCUT2D eigenvalue weighted by Crippen LogP contribution is -2.15. The zero-order valence-corrected chi connectivity index (χ0v) is 19.5. The van der Waals surface area contributed by atoms with E-state index >= 15 is 0 Å². The average Bonchev–Trinajstić information content (AvgIpc) is 3.49. The van der Waals surface area contributed by atoms with Gasteiger partial charge in [-0.2, -0.15) is 0 Å². The van der Waals surface area contributed by atoms with Crippen molar-refractivity contribution < 1.29 is 14.3 Å². The second-order valence-electron chi connectivity index (χ2n) is 7.76. The van der Waals surface area contributed by atoms with E-state index in [0.29, 0.717) is 22.9 Å². The molecular weight excluding hydrogens is 460 g/mol. The monoisotopic (exact) mass is 482 g/mol. The summed E-state index contributed by atoms with van der Waals surface area (Å²) in [6.45, 7) is 0.177. The smallest absolute Gasteiger partial charge is 0.411 e. The first kappa shape index (κ1) is 22.4. The van der Waals surface area contributed by atoms with E-state index in [4.69, 9.17) is 4.74 Å². The Morgan fingerprint density at radius 3 is 2.37 bits per heavy atom. The second kappa shape index (κ2) is 10.2. The van der Waals surface area contributed by atoms with Gasteiger partial charge in [-0.1, -0.05) is 66.7 Å². The molecular formula is C27H22N4O3S. The Hall–Kier alpha value is -4.43. The molecule has 0 atom stereocenters. The Kier molecular flexibility index (Phi) is 6.54. The number of nitrogens with one attached hydrogen (secondary N) is 3. The average molecular weight is 483 g/mol. The number of amides is 2. The summed E-state index contributed by atoms with van der Waals surface area (Å²) in [5.41, 5.74) is 3.72. The highest BCUT2D eigenvalue weighted by atomic mass is 32.1. The molecule has 5 rings (SSSR count). The zero-order valence-electron chi connectivity index (χ0n) is 18.7. The number of H-pyrrole nitrogens is 1. The Morgan fingerprint density at radius 1 is 0.886 bits per heavy atom. The van der Waals surface area contributed by atoms with Gasteiger partial charge in [-0.15, -0.1) is 11.3 Å². The number of carbonyl (C=O) groups excluding carboxylic acids is 2. The van der Waals surface area contributed by atoms with Crippen LogP contribution in [0.3, 0.4) is 0 Å². The fourth-order valence-electron chi connectivity index (χ4n) is 3.67. The van der Waals surface area contributed by atoms with Crippen LogP contribution in [-0.2, 0) is 11.2 Å². The molecule has 2 aromatic heterocycles. The summed E-state index contributed by atoms with van der Waals surface area (Å²) in [5, 5.41) is 7.05. The minimum absolute atomic E-state index is 0.177. The molecule has 3 aromatic carbocycles. The van der Waals surface area contributed by atoms with Gasteiger partial charge in [-0.05, 0) is 24.3 Å². The van der Waals surface area contributed by atoms with Gasteiger partial charge in [0, 0.05) is 33.5 Å². The van der Waals surface area contributed by atoms with E-state index in [1.165, 1.54) is 11.3 Å². The predicted octanol–water partition coefficient (Wildman–Crippen LogP) is 6.33. The molecule has 0 saturated carbocycles. The van der Waals surface area contributed by atoms with E-state index in [2.05, 4.69) is 20.6 Å². The number of benzene rings is 3. The van der Waals surface area contributed by atoms with Crippen molar-refractivity contribution in [1.82, 2.24) is 9.97 Å². The molecule has 0 radical (unpaired) electrons. The summed E-state index contributed by atoms with van der Waals surface area (Å²) < 4.78 is 5.37. The van der Waals surface area contributed by atoms with Gasteiger partial charge in [0.25, 0.3) is 5.91 Å². The minimum Gasteiger partial charge on any atom is -0.449 e. The standard InChI is InChI=1S/C27H22N4O3S/c32-25(22-17-19-11-7-8-14-21(19)29-22)31-26-30-24(18-9-3-1-4-10-18)23(35-26)15-16-34-27(33)28-20-12-5-2-6-13-20/h1-14,17,29H,15-16H2,(H,28,33)(H,30,31,32). The molecule has 8 heteroatoms. The third-order valence-corrected chi connectivity index (χ3v) is 6.35. The van der Waals surface area contributed by atoms with Crippen molar-refractivity contribution in [2.75, 3.05) is 17.2 Å². The fraction of sp³-hybridized carbons (Fsp3) is 0.0741. The van der Waals surface area contributed by atoms with Gasteiger partial charge >= 0.3 is 6.09 Å². The largest absolute Gasteiger partial charge is 0.449 e. The number of anilines is 2. The van der Waals surface area contributed by atoms with Crippen molar-refractivity contribution in [3.63, 3.8) is 0 Å². The van der Waals surface area contributed by atoms with Crippen LogP contribution in [0.4, 0.5) is 15.6 Å². The quantitative estimate of drug-likeness (QED) is 0.252. The number of aromatic nitrogens is 2. The first-order valence-electron chi connectivity index (χ1n) is 11.1. The number of thiazole rings is 1. The normalized spacial score (nSPS) is 10.7. The van der Waals surface area contributed by atoms with Crippen molar-refractivity contribution in [2.24, 2.45) is 0 Å². The van der Waals surface area contributed by atoms with Crippen LogP contribution in [0.5, 0.6) is 0 Å². The highest BCUT2D eigenvalue weighted by Gasteiger charge is 2.17. The van der Waals surface area contributed by atoms with Gasteiger partial charge < -0.3 is 9.72 Å². The minimum atomic E-state index is -0.519. The van der Waals surface area contributed by atoms with Gasteiger partial charge in [0.1, 0.15) is 5.69 Å². The van der Waals surface area contributed by atoms with E-state index in [9.17, 15) is 9.59 Å². The van der Waals surface area contributed by atoms with Crippen LogP contribution in [0.1, 0.15) is 15.4 Å². The number of aromatic amines is 1.